The van der Waals surface area contributed by atoms with Gasteiger partial charge >= 0.3 is 0 Å². The fraction of sp³-hybridized carbons (Fsp3) is 0.241. The van der Waals surface area contributed by atoms with E-state index in [1.807, 2.05) is 54.3 Å². The third-order valence-corrected chi connectivity index (χ3v) is 7.48. The van der Waals surface area contributed by atoms with E-state index in [-0.39, 0.29) is 5.91 Å². The number of benzene rings is 3. The maximum Gasteiger partial charge on any atom is 0.254 e. The van der Waals surface area contributed by atoms with Crippen LogP contribution in [0, 0.1) is 6.92 Å². The molecular weight excluding hydrogens is 477 g/mol. The summed E-state index contributed by atoms with van der Waals surface area (Å²) >= 11 is 12.5. The summed E-state index contributed by atoms with van der Waals surface area (Å²) in [6, 6.07) is 21.9. The Morgan fingerprint density at radius 2 is 1.60 bits per heavy atom. The first-order chi connectivity index (χ1) is 16.9. The molecule has 6 heteroatoms. The lowest BCUT2D eigenvalue weighted by atomic mass is 10.00. The van der Waals surface area contributed by atoms with Gasteiger partial charge in [0.2, 0.25) is 0 Å². The Balaban J connectivity index is 1.48. The van der Waals surface area contributed by atoms with Crippen molar-refractivity contribution < 1.29 is 4.79 Å². The Kier molecular flexibility index (Phi) is 6.68. The normalized spacial score (nSPS) is 13.9. The minimum atomic E-state index is 0.0290. The van der Waals surface area contributed by atoms with Gasteiger partial charge in [-0.15, -0.1) is 0 Å². The van der Waals surface area contributed by atoms with Crippen molar-refractivity contribution in [1.29, 1.82) is 0 Å². The molecule has 1 amide bonds. The van der Waals surface area contributed by atoms with Crippen LogP contribution >= 0.6 is 23.2 Å². The quantitative estimate of drug-likeness (QED) is 0.299. The molecule has 4 aromatic rings. The average Bonchev–Trinajstić information content (AvgIpc) is 2.90. The van der Waals surface area contributed by atoms with Gasteiger partial charge in [0.05, 0.1) is 16.8 Å². The number of pyridine rings is 1. The summed E-state index contributed by atoms with van der Waals surface area (Å²) in [5.74, 6) is 0.0290. The standard InChI is InChI=1S/C29H27Cl2N3O/c1-3-20-4-6-21(7-5-20)27-18-25(24-12-13-26(31)19(2)28(24)32-27)29(35)34-16-14-33(15-17-34)23-10-8-22(30)9-11-23/h4-13,18H,3,14-17H2,1-2H3. The van der Waals surface area contributed by atoms with Gasteiger partial charge in [-0.1, -0.05) is 60.5 Å². The third kappa shape index (κ3) is 4.73. The molecule has 2 heterocycles. The van der Waals surface area contributed by atoms with E-state index in [1.54, 1.807) is 0 Å². The molecule has 1 aliphatic rings. The fourth-order valence-corrected chi connectivity index (χ4v) is 4.91. The molecule has 5 rings (SSSR count). The van der Waals surface area contributed by atoms with Crippen LogP contribution in [0.25, 0.3) is 22.2 Å². The minimum absolute atomic E-state index is 0.0290. The molecule has 35 heavy (non-hydrogen) atoms. The van der Waals surface area contributed by atoms with E-state index >= 15 is 0 Å². The number of carbonyl (C=O) groups is 1. The van der Waals surface area contributed by atoms with E-state index in [9.17, 15) is 4.79 Å². The molecule has 0 radical (unpaired) electrons. The van der Waals surface area contributed by atoms with Gasteiger partial charge in [-0.3, -0.25) is 4.79 Å². The van der Waals surface area contributed by atoms with Gasteiger partial charge in [0.25, 0.3) is 5.91 Å². The van der Waals surface area contributed by atoms with Gasteiger partial charge in [-0.2, -0.15) is 0 Å². The predicted octanol–water partition coefficient (Wildman–Crippen LogP) is 7.04. The van der Waals surface area contributed by atoms with Gasteiger partial charge in [0, 0.05) is 52.9 Å². The predicted molar refractivity (Wildman–Crippen MR) is 146 cm³/mol. The summed E-state index contributed by atoms with van der Waals surface area (Å²) in [5, 5.41) is 2.21. The molecule has 1 saturated heterocycles. The van der Waals surface area contributed by atoms with E-state index in [0.717, 1.165) is 57.9 Å². The minimum Gasteiger partial charge on any atom is -0.368 e. The molecule has 0 spiro atoms. The van der Waals surface area contributed by atoms with E-state index < -0.39 is 0 Å². The van der Waals surface area contributed by atoms with Gasteiger partial charge in [-0.25, -0.2) is 4.98 Å². The molecule has 1 aliphatic heterocycles. The maximum absolute atomic E-state index is 13.8. The first-order valence-electron chi connectivity index (χ1n) is 11.9. The topological polar surface area (TPSA) is 36.4 Å². The van der Waals surface area contributed by atoms with Gasteiger partial charge in [0.15, 0.2) is 0 Å². The molecule has 0 unspecified atom stereocenters. The Hall–Kier alpha value is -3.08. The van der Waals surface area contributed by atoms with E-state index in [1.165, 1.54) is 5.56 Å². The Morgan fingerprint density at radius 1 is 0.914 bits per heavy atom. The molecule has 0 atom stereocenters. The number of nitrogens with zero attached hydrogens (tertiary/aromatic N) is 3. The summed E-state index contributed by atoms with van der Waals surface area (Å²) < 4.78 is 0. The first kappa shape index (κ1) is 23.7. The number of hydrogen-bond donors (Lipinski definition) is 0. The van der Waals surface area contributed by atoms with Crippen molar-refractivity contribution in [3.05, 3.63) is 93.5 Å². The largest absolute Gasteiger partial charge is 0.368 e. The highest BCUT2D eigenvalue weighted by molar-refractivity contribution is 6.32. The zero-order chi connectivity index (χ0) is 24.5. The smallest absolute Gasteiger partial charge is 0.254 e. The van der Waals surface area contributed by atoms with Crippen LogP contribution < -0.4 is 4.90 Å². The Morgan fingerprint density at radius 3 is 2.26 bits per heavy atom. The monoisotopic (exact) mass is 503 g/mol. The average molecular weight is 504 g/mol. The summed E-state index contributed by atoms with van der Waals surface area (Å²) in [5.41, 5.74) is 6.50. The van der Waals surface area contributed by atoms with Crippen molar-refractivity contribution >= 4 is 45.7 Å². The Bertz CT molecular complexity index is 1380. The van der Waals surface area contributed by atoms with E-state index in [0.29, 0.717) is 23.7 Å². The summed E-state index contributed by atoms with van der Waals surface area (Å²) in [6.07, 6.45) is 0.978. The number of hydrogen-bond acceptors (Lipinski definition) is 3. The molecule has 0 N–H and O–H groups in total. The first-order valence-corrected chi connectivity index (χ1v) is 12.7. The van der Waals surface area contributed by atoms with Crippen LogP contribution in [0.2, 0.25) is 10.0 Å². The zero-order valence-electron chi connectivity index (χ0n) is 19.9. The van der Waals surface area contributed by atoms with Crippen LogP contribution in [0.5, 0.6) is 0 Å². The van der Waals surface area contributed by atoms with Crippen molar-refractivity contribution in [2.75, 3.05) is 31.1 Å². The second-order valence-corrected chi connectivity index (χ2v) is 9.77. The summed E-state index contributed by atoms with van der Waals surface area (Å²) in [6.45, 7) is 6.94. The second kappa shape index (κ2) is 9.88. The lowest BCUT2D eigenvalue weighted by Gasteiger charge is -2.36. The highest BCUT2D eigenvalue weighted by Crippen LogP contribution is 2.31. The van der Waals surface area contributed by atoms with Crippen LogP contribution in [0.1, 0.15) is 28.4 Å². The molecule has 0 bridgehead atoms. The molecule has 0 aliphatic carbocycles. The number of anilines is 1. The second-order valence-electron chi connectivity index (χ2n) is 8.93. The van der Waals surface area contributed by atoms with Crippen LogP contribution in [-0.2, 0) is 6.42 Å². The lowest BCUT2D eigenvalue weighted by Crippen LogP contribution is -2.48. The number of fused-ring (bicyclic) bond motifs is 1. The van der Waals surface area contributed by atoms with E-state index in [4.69, 9.17) is 28.2 Å². The Labute approximate surface area is 216 Å². The number of piperazine rings is 1. The molecule has 178 valence electrons. The number of aryl methyl sites for hydroxylation is 2. The number of rotatable bonds is 4. The van der Waals surface area contributed by atoms with Gasteiger partial charge < -0.3 is 9.80 Å². The van der Waals surface area contributed by atoms with Crippen LogP contribution in [0.4, 0.5) is 5.69 Å². The molecule has 1 aromatic heterocycles. The van der Waals surface area contributed by atoms with Crippen molar-refractivity contribution in [3.8, 4) is 11.3 Å². The number of halogens is 2. The number of aromatic nitrogens is 1. The van der Waals surface area contributed by atoms with Crippen LogP contribution in [0.15, 0.2) is 66.7 Å². The summed E-state index contributed by atoms with van der Waals surface area (Å²) in [4.78, 5) is 23.0. The van der Waals surface area contributed by atoms with Gasteiger partial charge in [-0.05, 0) is 60.9 Å². The maximum atomic E-state index is 13.8. The molecular formula is C29H27Cl2N3O. The van der Waals surface area contributed by atoms with Crippen molar-refractivity contribution in [2.45, 2.75) is 20.3 Å². The number of carbonyl (C=O) groups excluding carboxylic acids is 1. The van der Waals surface area contributed by atoms with Gasteiger partial charge in [0.1, 0.15) is 0 Å². The highest BCUT2D eigenvalue weighted by Gasteiger charge is 2.25. The molecule has 1 fully saturated rings. The zero-order valence-corrected chi connectivity index (χ0v) is 21.4. The molecule has 4 nitrogen and oxygen atoms in total. The SMILES string of the molecule is CCc1ccc(-c2cc(C(=O)N3CCN(c4ccc(Cl)cc4)CC3)c3ccc(Cl)c(C)c3n2)cc1. The molecule has 0 saturated carbocycles. The van der Waals surface area contributed by atoms with E-state index in [2.05, 4.69) is 36.1 Å². The van der Waals surface area contributed by atoms with Crippen LogP contribution in [0.3, 0.4) is 0 Å². The fourth-order valence-electron chi connectivity index (χ4n) is 4.63. The molecule has 3 aromatic carbocycles. The van der Waals surface area contributed by atoms with Crippen molar-refractivity contribution in [3.63, 3.8) is 0 Å². The summed E-state index contributed by atoms with van der Waals surface area (Å²) in [7, 11) is 0. The van der Waals surface area contributed by atoms with Crippen molar-refractivity contribution in [1.82, 2.24) is 9.88 Å². The number of amides is 1. The van der Waals surface area contributed by atoms with Crippen molar-refractivity contribution in [2.24, 2.45) is 0 Å². The highest BCUT2D eigenvalue weighted by atomic mass is 35.5. The van der Waals surface area contributed by atoms with Crippen LogP contribution in [-0.4, -0.2) is 42.0 Å². The third-order valence-electron chi connectivity index (χ3n) is 6.82. The lowest BCUT2D eigenvalue weighted by molar-refractivity contribution is 0.0748.